The fourth-order valence-corrected chi connectivity index (χ4v) is 20.2. The number of hydrogen-bond acceptors (Lipinski definition) is 25. The van der Waals surface area contributed by atoms with Crippen LogP contribution in [0.4, 0.5) is 40.8 Å². The number of nitrogen functional groups attached to an aromatic ring is 4. The van der Waals surface area contributed by atoms with Gasteiger partial charge >= 0.3 is 23.9 Å². The first-order valence-corrected chi connectivity index (χ1v) is 47.1. The molecule has 4 saturated carbocycles. The Morgan fingerprint density at radius 1 is 0.399 bits per heavy atom. The van der Waals surface area contributed by atoms with E-state index in [1.165, 1.54) is 22.9 Å². The summed E-state index contributed by atoms with van der Waals surface area (Å²) in [6.07, 6.45) is 21.0. The van der Waals surface area contributed by atoms with E-state index < -0.39 is 72.2 Å². The third-order valence-electron chi connectivity index (χ3n) is 26.5. The minimum Gasteiger partial charge on any atom is -0.479 e. The number of fused-ring (bicyclic) bond motifs is 4. The molecule has 14 N–H and O–H groups in total. The Bertz CT molecular complexity index is 6730. The van der Waals surface area contributed by atoms with Gasteiger partial charge in [0.2, 0.25) is 5.88 Å². The van der Waals surface area contributed by atoms with Crippen molar-refractivity contribution in [1.82, 2.24) is 82.5 Å². The average molecular weight is 2020 g/mol. The van der Waals surface area contributed by atoms with E-state index in [0.717, 1.165) is 79.3 Å². The zero-order chi connectivity index (χ0) is 98.0. The van der Waals surface area contributed by atoms with Crippen LogP contribution < -0.4 is 27.7 Å². The topological polar surface area (TPSA) is 516 Å². The lowest BCUT2D eigenvalue weighted by Crippen LogP contribution is -2.29. The van der Waals surface area contributed by atoms with Crippen LogP contribution in [-0.2, 0) is 37.0 Å². The third-order valence-corrected chi connectivity index (χ3v) is 28.1. The van der Waals surface area contributed by atoms with Crippen molar-refractivity contribution in [1.29, 1.82) is 0 Å². The van der Waals surface area contributed by atoms with Crippen molar-refractivity contribution >= 4 is 113 Å². The molecule has 4 aliphatic rings. The van der Waals surface area contributed by atoms with Gasteiger partial charge in [0.1, 0.15) is 23.3 Å². The van der Waals surface area contributed by atoms with Crippen LogP contribution in [0.1, 0.15) is 190 Å². The number of aliphatic carboxylic acids is 4. The minimum absolute atomic E-state index is 0.0441. The number of carboxylic acids is 4. The largest absolute Gasteiger partial charge is 0.479 e. The molecule has 13 aromatic heterocycles. The van der Waals surface area contributed by atoms with Gasteiger partial charge < -0.3 is 72.2 Å². The van der Waals surface area contributed by atoms with Crippen molar-refractivity contribution in [2.75, 3.05) is 56.5 Å². The zero-order valence-corrected chi connectivity index (χ0v) is 78.8. The van der Waals surface area contributed by atoms with E-state index in [1.807, 2.05) is 107 Å². The smallest absolute Gasteiger partial charge is 0.338 e. The number of alkyl halides is 4. The lowest BCUT2D eigenvalue weighted by Gasteiger charge is -2.29. The number of benzene rings is 1. The number of pyridine rings is 3. The van der Waals surface area contributed by atoms with E-state index in [1.54, 1.807) is 65.6 Å². The van der Waals surface area contributed by atoms with Gasteiger partial charge in [-0.1, -0.05) is 42.5 Å². The molecule has 0 saturated heterocycles. The second-order valence-corrected chi connectivity index (χ2v) is 36.7. The highest BCUT2D eigenvalue weighted by atomic mass is 79.9. The maximum Gasteiger partial charge on any atom is 0.338 e. The van der Waals surface area contributed by atoms with E-state index in [2.05, 4.69) is 67.2 Å². The number of Topliss-reactive ketones (excluding diaryl/α,β-unsaturated/α-hetero) is 2. The summed E-state index contributed by atoms with van der Waals surface area (Å²) in [4.78, 5) is 102. The second-order valence-electron chi connectivity index (χ2n) is 35.1. The number of halogens is 6. The summed E-state index contributed by atoms with van der Waals surface area (Å²) in [6.45, 7) is 5.12. The van der Waals surface area contributed by atoms with Crippen molar-refractivity contribution in [3.05, 3.63) is 190 Å². The van der Waals surface area contributed by atoms with Gasteiger partial charge in [0, 0.05) is 186 Å². The molecule has 0 amide bonds. The van der Waals surface area contributed by atoms with Gasteiger partial charge in [-0.3, -0.25) is 19.6 Å². The lowest BCUT2D eigenvalue weighted by atomic mass is 9.77. The second kappa shape index (κ2) is 43.9. The van der Waals surface area contributed by atoms with Gasteiger partial charge in [0.05, 0.1) is 98.8 Å². The number of aromatic nitrogens is 17. The Morgan fingerprint density at radius 2 is 0.725 bits per heavy atom. The summed E-state index contributed by atoms with van der Waals surface area (Å²) >= 11 is 7.11. The molecule has 0 spiro atoms. The van der Waals surface area contributed by atoms with Gasteiger partial charge in [0.15, 0.2) is 58.8 Å². The molecule has 13 heterocycles. The number of carbonyl (C=O) groups excluding carboxylic acids is 2. The highest BCUT2D eigenvalue weighted by Crippen LogP contribution is 2.48. The first kappa shape index (κ1) is 99.0. The molecule has 14 aromatic rings. The molecule has 1 aromatic carbocycles. The number of aliphatic hydroxyl groups excluding tert-OH is 2. The molecule has 41 heteroatoms. The van der Waals surface area contributed by atoms with E-state index in [4.69, 9.17) is 83.0 Å². The maximum absolute atomic E-state index is 14.1. The summed E-state index contributed by atoms with van der Waals surface area (Å²) in [7, 11) is 1.65. The monoisotopic (exact) mass is 2020 g/mol. The van der Waals surface area contributed by atoms with Crippen molar-refractivity contribution in [2.24, 2.45) is 23.7 Å². The standard InChI is InChI=1S/C27H29FN6O4.C27H26FN5O3.C23H27BrFN5O4.C20H23BrFN5O3/c1-15(36)22-24(17-4-2-16(3-5-17)23(28)27(37)38)32-26-20(13-31-34(26)25(22)29)18-6-7-21(30-12-18)19-8-9-33(14-19)10-11-35;1-15(34)22-24(18-9-7-17(8-10-18)23(28)27(35)36)32-26-20(14-31-33(26)25(22)29)19-11-12-21(30-13-19)16-5-3-2-4-6-16;1-33-9-2-10-34-17-8-7-15(11-27-17)16-12-28-30-21(26)18(24)20(29-22(16)30)14-5-3-13(4-6-14)19(25)23(31)32;21-15-17(12-3-1-11(2-4-12)16(22)20(29)30)25-19-14(9-24-27(19)18(15)23)13-5-6-26(10-13)7-8-28/h6-9,12-14,16-17,23,35H,2-5,10-11,29H2,1H3,(H,37,38);2-6,11-14,17-18,23H,7-10,29H2,1H3,(H,35,36);7-8,11-14,19H,2-6,9-10,26H2,1H3,(H,31,32);5-6,9-12,16,28H,1-4,7-8,23H2,(H,29,30). The molecular formula is C97H105Br2F4N21O14. The summed E-state index contributed by atoms with van der Waals surface area (Å²) in [5.74, 6) is -6.53. The van der Waals surface area contributed by atoms with Crippen molar-refractivity contribution in [2.45, 2.75) is 184 Å². The molecule has 18 rings (SSSR count). The maximum atomic E-state index is 14.1. The van der Waals surface area contributed by atoms with Gasteiger partial charge in [-0.25, -0.2) is 61.7 Å². The number of methoxy groups -OCH3 is 1. The minimum atomic E-state index is -1.89. The molecule has 4 fully saturated rings. The van der Waals surface area contributed by atoms with Crippen LogP contribution in [0.15, 0.2) is 156 Å². The predicted octanol–water partition coefficient (Wildman–Crippen LogP) is 16.2. The number of ketones is 2. The molecule has 35 nitrogen and oxygen atoms in total. The highest BCUT2D eigenvalue weighted by molar-refractivity contribution is 9.11. The molecule has 138 heavy (non-hydrogen) atoms. The number of aliphatic hydroxyl groups is 2. The molecule has 0 bridgehead atoms. The number of nitrogens with two attached hydrogens (primary N) is 4. The molecule has 724 valence electrons. The van der Waals surface area contributed by atoms with Crippen LogP contribution in [0.3, 0.4) is 0 Å². The number of hydrogen-bond donors (Lipinski definition) is 10. The number of carbonyl (C=O) groups is 6. The van der Waals surface area contributed by atoms with Crippen molar-refractivity contribution in [3.8, 4) is 72.9 Å². The van der Waals surface area contributed by atoms with Crippen LogP contribution in [0, 0.1) is 23.7 Å². The van der Waals surface area contributed by atoms with Crippen molar-refractivity contribution in [3.63, 3.8) is 0 Å². The van der Waals surface area contributed by atoms with Gasteiger partial charge in [0.25, 0.3) is 0 Å². The highest BCUT2D eigenvalue weighted by Gasteiger charge is 2.40. The van der Waals surface area contributed by atoms with Gasteiger partial charge in [-0.15, -0.1) is 0 Å². The third kappa shape index (κ3) is 21.4. The van der Waals surface area contributed by atoms with Crippen LogP contribution in [-0.4, -0.2) is 207 Å². The fourth-order valence-electron chi connectivity index (χ4n) is 19.1. The Morgan fingerprint density at radius 3 is 1.06 bits per heavy atom. The summed E-state index contributed by atoms with van der Waals surface area (Å²) < 4.78 is 77.8. The normalized spacial score (nSPS) is 19.2. The Balaban J connectivity index is 0.000000140. The van der Waals surface area contributed by atoms with Crippen LogP contribution in [0.25, 0.3) is 89.6 Å². The number of anilines is 4. The summed E-state index contributed by atoms with van der Waals surface area (Å²) in [6, 6.07) is 25.1. The molecule has 4 unspecified atom stereocenters. The molecule has 4 atom stereocenters. The van der Waals surface area contributed by atoms with E-state index in [9.17, 15) is 46.3 Å². The van der Waals surface area contributed by atoms with Crippen molar-refractivity contribution < 1.29 is 86.4 Å². The van der Waals surface area contributed by atoms with Crippen LogP contribution in [0.2, 0.25) is 0 Å². The molecule has 0 radical (unpaired) electrons. The zero-order valence-electron chi connectivity index (χ0n) is 75.7. The first-order valence-electron chi connectivity index (χ1n) is 45.5. The number of carboxylic acid groups (broad SMARTS) is 4. The average Bonchev–Trinajstić information content (AvgIpc) is 1.59. The molecular weight excluding hydrogens is 1920 g/mol. The van der Waals surface area contributed by atoms with Crippen LogP contribution >= 0.6 is 31.9 Å². The number of nitrogens with zero attached hydrogens (tertiary/aromatic N) is 17. The Labute approximate surface area is 804 Å². The summed E-state index contributed by atoms with van der Waals surface area (Å²) in [5.41, 5.74) is 41.0. The van der Waals surface area contributed by atoms with E-state index in [-0.39, 0.29) is 60.1 Å². The number of rotatable bonds is 29. The Kier molecular flexibility index (Phi) is 31.5. The van der Waals surface area contributed by atoms with E-state index >= 15 is 0 Å². The quantitative estimate of drug-likeness (QED) is 0.0118. The number of ether oxygens (including phenoxy) is 2. The lowest BCUT2D eigenvalue weighted by molar-refractivity contribution is -0.146. The SMILES string of the molecule is CC(=O)c1c(C2CCC(C(F)C(=O)O)CC2)nc2c(-c3ccc(-c4ccccc4)nc3)cnn2c1N.CC(=O)c1c(C2CCC(C(F)C(=O)O)CC2)nc2c(-c3ccc(-c4ccn(CCO)c4)nc3)cnn2c1N.COCCCOc1ccc(-c2cnn3c(N)c(Br)c(C4CCC(C(F)C(=O)O)CC4)nc23)cn1.Nc1c(Br)c(C2CCC(C(F)C(=O)O)CC2)nc2c(-c3ccn(CCO)c3)cnn12. The summed E-state index contributed by atoms with van der Waals surface area (Å²) in [5, 5.41) is 71.8. The molecule has 0 aliphatic heterocycles. The first-order chi connectivity index (χ1) is 66.4. The van der Waals surface area contributed by atoms with Crippen LogP contribution in [0.5, 0.6) is 5.88 Å². The predicted molar refractivity (Wildman–Crippen MR) is 512 cm³/mol. The molecule has 4 aliphatic carbocycles. The van der Waals surface area contributed by atoms with Gasteiger partial charge in [-0.05, 0) is 179 Å². The Hall–Kier alpha value is -13.5. The van der Waals surface area contributed by atoms with E-state index in [0.29, 0.717) is 206 Å². The van der Waals surface area contributed by atoms with Gasteiger partial charge in [-0.2, -0.15) is 38.5 Å². The fraction of sp³-hybridized carbons (Fsp3) is 0.392.